The van der Waals surface area contributed by atoms with Gasteiger partial charge in [0.05, 0.1) is 11.4 Å². The van der Waals surface area contributed by atoms with E-state index in [1.165, 1.54) is 12.1 Å². The summed E-state index contributed by atoms with van der Waals surface area (Å²) in [6.45, 7) is 0.155. The number of primary sulfonamides is 1. The molecule has 1 atom stereocenters. The predicted molar refractivity (Wildman–Crippen MR) is 118 cm³/mol. The Morgan fingerprint density at radius 3 is 1.97 bits per heavy atom. The minimum atomic E-state index is -3.81. The van der Waals surface area contributed by atoms with Gasteiger partial charge in [-0.05, 0) is 60.7 Å². The first kappa shape index (κ1) is 20.8. The maximum absolute atomic E-state index is 11.6. The van der Waals surface area contributed by atoms with Crippen molar-refractivity contribution in [3.8, 4) is 0 Å². The molecule has 0 aromatic heterocycles. The van der Waals surface area contributed by atoms with E-state index in [0.29, 0.717) is 27.0 Å². The summed E-state index contributed by atoms with van der Waals surface area (Å²) >= 11 is 12.0. The monoisotopic (exact) mass is 461 g/mol. The average molecular weight is 462 g/mol. The van der Waals surface area contributed by atoms with E-state index in [1.807, 2.05) is 17.0 Å². The largest absolute Gasteiger partial charge is 0.364 e. The maximum atomic E-state index is 11.6. The summed E-state index contributed by atoms with van der Waals surface area (Å²) in [5.41, 5.74) is 0.473. The molecule has 0 radical (unpaired) electrons. The molecule has 0 spiro atoms. The Balaban J connectivity index is 1.81. The minimum absolute atomic E-state index is 0.00384. The molecule has 0 saturated heterocycles. The van der Waals surface area contributed by atoms with Gasteiger partial charge in [0, 0.05) is 26.9 Å². The second-order valence-electron chi connectivity index (χ2n) is 6.89. The Morgan fingerprint density at radius 2 is 1.43 bits per heavy atom. The molecule has 3 aromatic carbocycles. The summed E-state index contributed by atoms with van der Waals surface area (Å²) in [5.74, 6) is 0.482. The zero-order chi connectivity index (χ0) is 21.5. The number of aliphatic hydroxyl groups is 1. The van der Waals surface area contributed by atoms with Gasteiger partial charge in [-0.1, -0.05) is 35.3 Å². The summed E-state index contributed by atoms with van der Waals surface area (Å²) in [4.78, 5) is 6.44. The van der Waals surface area contributed by atoms with Crippen molar-refractivity contribution in [3.05, 3.63) is 94.0 Å². The Hall–Kier alpha value is -2.42. The second kappa shape index (κ2) is 7.68. The number of halogens is 2. The molecule has 3 N–H and O–H groups in total. The number of rotatable bonds is 4. The molecule has 0 bridgehead atoms. The molecule has 0 amide bonds. The van der Waals surface area contributed by atoms with Crippen LogP contribution in [0.1, 0.15) is 11.1 Å². The van der Waals surface area contributed by atoms with Gasteiger partial charge in [-0.25, -0.2) is 18.5 Å². The lowest BCUT2D eigenvalue weighted by Crippen LogP contribution is -2.34. The first-order valence-corrected chi connectivity index (χ1v) is 11.2. The highest BCUT2D eigenvalue weighted by atomic mass is 35.5. The van der Waals surface area contributed by atoms with Crippen LogP contribution >= 0.6 is 23.2 Å². The molecular weight excluding hydrogens is 445 g/mol. The third-order valence-corrected chi connectivity index (χ3v) is 6.24. The fourth-order valence-corrected chi connectivity index (χ4v) is 4.06. The highest BCUT2D eigenvalue weighted by Crippen LogP contribution is 2.35. The first-order chi connectivity index (χ1) is 14.2. The Labute approximate surface area is 184 Å². The van der Waals surface area contributed by atoms with E-state index >= 15 is 0 Å². The lowest BCUT2D eigenvalue weighted by atomic mass is 10.0. The molecule has 154 valence electrons. The zero-order valence-corrected chi connectivity index (χ0v) is 17.9. The molecule has 0 aliphatic carbocycles. The average Bonchev–Trinajstić information content (AvgIpc) is 3.07. The number of aliphatic imine (C=N–C) groups is 1. The summed E-state index contributed by atoms with van der Waals surface area (Å²) in [7, 11) is -3.81. The number of hydrogen-bond donors (Lipinski definition) is 2. The summed E-state index contributed by atoms with van der Waals surface area (Å²) in [6, 6.07) is 20.0. The van der Waals surface area contributed by atoms with Crippen LogP contribution in [-0.2, 0) is 15.7 Å². The molecule has 0 saturated carbocycles. The molecule has 9 heteroatoms. The number of anilines is 1. The smallest absolute Gasteiger partial charge is 0.238 e. The Morgan fingerprint density at radius 1 is 0.900 bits per heavy atom. The van der Waals surface area contributed by atoms with Crippen molar-refractivity contribution in [1.82, 2.24) is 0 Å². The van der Waals surface area contributed by atoms with Crippen LogP contribution in [0, 0.1) is 0 Å². The number of hydrogen-bond acceptors (Lipinski definition) is 5. The fourth-order valence-electron chi connectivity index (χ4n) is 3.29. The van der Waals surface area contributed by atoms with Crippen molar-refractivity contribution in [2.24, 2.45) is 10.1 Å². The number of nitrogens with two attached hydrogens (primary N) is 1. The quantitative estimate of drug-likeness (QED) is 0.617. The van der Waals surface area contributed by atoms with Gasteiger partial charge in [-0.15, -0.1) is 0 Å². The van der Waals surface area contributed by atoms with Gasteiger partial charge in [-0.3, -0.25) is 0 Å². The SMILES string of the molecule is NS(=O)(=O)c1ccc(C2=NC(O)(c3ccc(Cl)cc3)CN2c2ccc(Cl)cc2)cc1. The van der Waals surface area contributed by atoms with Crippen LogP contribution in [0.4, 0.5) is 5.69 Å². The first-order valence-electron chi connectivity index (χ1n) is 8.90. The number of β-amino-alcohol motifs (C(OH)–C–C–N with tert-alkyl or cyclic N) is 1. The molecule has 1 unspecified atom stereocenters. The van der Waals surface area contributed by atoms with Crippen LogP contribution < -0.4 is 10.0 Å². The number of sulfonamides is 1. The zero-order valence-electron chi connectivity index (χ0n) is 15.5. The van der Waals surface area contributed by atoms with E-state index in [0.717, 1.165) is 5.69 Å². The van der Waals surface area contributed by atoms with Crippen molar-refractivity contribution < 1.29 is 13.5 Å². The lowest BCUT2D eigenvalue weighted by molar-refractivity contribution is 0.0648. The number of benzene rings is 3. The summed E-state index contributed by atoms with van der Waals surface area (Å²) in [6.07, 6.45) is 0. The van der Waals surface area contributed by atoms with Crippen LogP contribution in [0.25, 0.3) is 0 Å². The molecule has 0 fully saturated rings. The topological polar surface area (TPSA) is 96.0 Å². The van der Waals surface area contributed by atoms with Crippen molar-refractivity contribution in [2.75, 3.05) is 11.4 Å². The van der Waals surface area contributed by atoms with E-state index in [1.54, 1.807) is 48.5 Å². The number of nitrogens with zero attached hydrogens (tertiary/aromatic N) is 2. The Kier molecular flexibility index (Phi) is 5.34. The van der Waals surface area contributed by atoms with E-state index < -0.39 is 15.7 Å². The molecule has 4 rings (SSSR count). The van der Waals surface area contributed by atoms with Crippen LogP contribution in [0.5, 0.6) is 0 Å². The number of amidine groups is 1. The predicted octanol–water partition coefficient (Wildman–Crippen LogP) is 3.75. The third-order valence-electron chi connectivity index (χ3n) is 4.81. The van der Waals surface area contributed by atoms with Gasteiger partial charge in [0.1, 0.15) is 5.84 Å². The fraction of sp³-hybridized carbons (Fsp3) is 0.0952. The van der Waals surface area contributed by atoms with E-state index in [4.69, 9.17) is 28.3 Å². The molecule has 1 aliphatic heterocycles. The van der Waals surface area contributed by atoms with E-state index in [2.05, 4.69) is 4.99 Å². The minimum Gasteiger partial charge on any atom is -0.364 e. The van der Waals surface area contributed by atoms with Crippen LogP contribution in [-0.4, -0.2) is 25.9 Å². The van der Waals surface area contributed by atoms with Crippen molar-refractivity contribution >= 4 is 44.7 Å². The van der Waals surface area contributed by atoms with E-state index in [9.17, 15) is 13.5 Å². The standard InChI is InChI=1S/C21H17Cl2N3O3S/c22-16-5-3-15(4-6-16)21(27)13-26(18-9-7-17(23)8-10-18)20(25-21)14-1-11-19(12-2-14)30(24,28)29/h1-12,27H,13H2,(H2,24,28,29). The van der Waals surface area contributed by atoms with Crippen molar-refractivity contribution in [3.63, 3.8) is 0 Å². The van der Waals surface area contributed by atoms with Crippen LogP contribution in [0.2, 0.25) is 10.0 Å². The Bertz CT molecular complexity index is 1210. The maximum Gasteiger partial charge on any atom is 0.238 e. The van der Waals surface area contributed by atoms with Crippen LogP contribution in [0.3, 0.4) is 0 Å². The van der Waals surface area contributed by atoms with Gasteiger partial charge in [-0.2, -0.15) is 0 Å². The lowest BCUT2D eigenvalue weighted by Gasteiger charge is -2.24. The normalized spacial score (nSPS) is 19.1. The second-order valence-corrected chi connectivity index (χ2v) is 9.33. The molecule has 30 heavy (non-hydrogen) atoms. The third kappa shape index (κ3) is 4.08. The van der Waals surface area contributed by atoms with Gasteiger partial charge in [0.25, 0.3) is 0 Å². The molecule has 1 heterocycles. The van der Waals surface area contributed by atoms with Gasteiger partial charge in [0.15, 0.2) is 0 Å². The molecule has 6 nitrogen and oxygen atoms in total. The molecule has 1 aliphatic rings. The van der Waals surface area contributed by atoms with E-state index in [-0.39, 0.29) is 11.4 Å². The highest BCUT2D eigenvalue weighted by molar-refractivity contribution is 7.89. The van der Waals surface area contributed by atoms with Crippen molar-refractivity contribution in [2.45, 2.75) is 10.6 Å². The molecular formula is C21H17Cl2N3O3S. The molecule has 3 aromatic rings. The summed E-state index contributed by atoms with van der Waals surface area (Å²) < 4.78 is 23.1. The van der Waals surface area contributed by atoms with Gasteiger partial charge < -0.3 is 10.0 Å². The van der Waals surface area contributed by atoms with Gasteiger partial charge >= 0.3 is 0 Å². The van der Waals surface area contributed by atoms with Crippen molar-refractivity contribution in [1.29, 1.82) is 0 Å². The summed E-state index contributed by atoms with van der Waals surface area (Å²) in [5, 5.41) is 17.7. The van der Waals surface area contributed by atoms with Crippen LogP contribution in [0.15, 0.2) is 82.7 Å². The highest BCUT2D eigenvalue weighted by Gasteiger charge is 2.40. The van der Waals surface area contributed by atoms with Gasteiger partial charge in [0.2, 0.25) is 15.7 Å².